The lowest BCUT2D eigenvalue weighted by atomic mass is 9.76. The molecule has 0 amide bonds. The van der Waals surface area contributed by atoms with Gasteiger partial charge in [0.05, 0.1) is 11.2 Å². The van der Waals surface area contributed by atoms with Gasteiger partial charge in [0.15, 0.2) is 0 Å². The number of benzene rings is 3. The fraction of sp³-hybridized carbons (Fsp3) is 0.333. The second-order valence-electron chi connectivity index (χ2n) is 10.1. The number of hydrogen-bond acceptors (Lipinski definition) is 2. The molecular formula is C27H29BO2. The molecule has 0 radical (unpaired) electrons. The predicted molar refractivity (Wildman–Crippen MR) is 125 cm³/mol. The van der Waals surface area contributed by atoms with E-state index in [1.165, 1.54) is 33.4 Å². The van der Waals surface area contributed by atoms with Gasteiger partial charge >= 0.3 is 7.12 Å². The molecule has 152 valence electrons. The third-order valence-corrected chi connectivity index (χ3v) is 7.33. The largest absolute Gasteiger partial charge is 0.494 e. The monoisotopic (exact) mass is 396 g/mol. The maximum atomic E-state index is 6.30. The van der Waals surface area contributed by atoms with E-state index in [9.17, 15) is 0 Å². The highest BCUT2D eigenvalue weighted by Gasteiger charge is 2.52. The molecule has 0 saturated carbocycles. The summed E-state index contributed by atoms with van der Waals surface area (Å²) in [5, 5.41) is 0. The molecule has 1 saturated heterocycles. The van der Waals surface area contributed by atoms with Gasteiger partial charge in [-0.1, -0.05) is 74.5 Å². The molecule has 2 aliphatic rings. The Morgan fingerprint density at radius 2 is 1.27 bits per heavy atom. The van der Waals surface area contributed by atoms with Crippen LogP contribution in [0.2, 0.25) is 0 Å². The topological polar surface area (TPSA) is 18.5 Å². The van der Waals surface area contributed by atoms with E-state index in [1.54, 1.807) is 0 Å². The van der Waals surface area contributed by atoms with Gasteiger partial charge in [-0.05, 0) is 72.6 Å². The van der Waals surface area contributed by atoms with Crippen molar-refractivity contribution in [1.82, 2.24) is 0 Å². The first-order chi connectivity index (χ1) is 14.1. The van der Waals surface area contributed by atoms with Gasteiger partial charge in [-0.2, -0.15) is 0 Å². The van der Waals surface area contributed by atoms with E-state index in [2.05, 4.69) is 108 Å². The standard InChI is InChI=1S/C27H29BO2/c1-25(2)23-15-13-20(28-29-26(3,4)27(5,6)30-28)17-22(23)21-14-12-19(16-24(21)25)18-10-8-7-9-11-18/h7-17H,1-6H3. The molecule has 0 N–H and O–H groups in total. The SMILES string of the molecule is CC1(C)c2ccc(B3OC(C)(C)C(C)(C)O3)cc2-c2ccc(-c3ccccc3)cc21. The molecule has 3 aromatic carbocycles. The minimum absolute atomic E-state index is 0.0378. The van der Waals surface area contributed by atoms with E-state index in [-0.39, 0.29) is 23.7 Å². The van der Waals surface area contributed by atoms with Crippen molar-refractivity contribution in [2.75, 3.05) is 0 Å². The Hall–Kier alpha value is -2.36. The quantitative estimate of drug-likeness (QED) is 0.498. The Morgan fingerprint density at radius 1 is 0.600 bits per heavy atom. The molecular weight excluding hydrogens is 367 g/mol. The van der Waals surface area contributed by atoms with E-state index < -0.39 is 0 Å². The first-order valence-corrected chi connectivity index (χ1v) is 10.8. The van der Waals surface area contributed by atoms with Crippen molar-refractivity contribution in [3.8, 4) is 22.3 Å². The zero-order valence-corrected chi connectivity index (χ0v) is 18.7. The summed E-state index contributed by atoms with van der Waals surface area (Å²) in [7, 11) is -0.337. The number of fused-ring (bicyclic) bond motifs is 3. The van der Waals surface area contributed by atoms with Crippen LogP contribution in [0.5, 0.6) is 0 Å². The van der Waals surface area contributed by atoms with E-state index >= 15 is 0 Å². The van der Waals surface area contributed by atoms with Gasteiger partial charge in [0.2, 0.25) is 0 Å². The van der Waals surface area contributed by atoms with Gasteiger partial charge < -0.3 is 9.31 Å². The van der Waals surface area contributed by atoms with Crippen LogP contribution in [-0.2, 0) is 14.7 Å². The van der Waals surface area contributed by atoms with Crippen LogP contribution in [0, 0.1) is 0 Å². The van der Waals surface area contributed by atoms with Crippen molar-refractivity contribution in [2.45, 2.75) is 58.2 Å². The molecule has 30 heavy (non-hydrogen) atoms. The molecule has 0 spiro atoms. The van der Waals surface area contributed by atoms with Gasteiger partial charge in [-0.3, -0.25) is 0 Å². The van der Waals surface area contributed by atoms with Crippen LogP contribution in [0.4, 0.5) is 0 Å². The predicted octanol–water partition coefficient (Wildman–Crippen LogP) is 5.96. The fourth-order valence-electron chi connectivity index (χ4n) is 4.71. The fourth-order valence-corrected chi connectivity index (χ4v) is 4.71. The van der Waals surface area contributed by atoms with Crippen LogP contribution in [0.15, 0.2) is 66.7 Å². The lowest BCUT2D eigenvalue weighted by Crippen LogP contribution is -2.41. The third-order valence-electron chi connectivity index (χ3n) is 7.33. The van der Waals surface area contributed by atoms with Crippen LogP contribution in [0.1, 0.15) is 52.7 Å². The Morgan fingerprint density at radius 3 is 1.93 bits per heavy atom. The Bertz CT molecular complexity index is 1110. The number of rotatable bonds is 2. The van der Waals surface area contributed by atoms with Crippen molar-refractivity contribution in [2.24, 2.45) is 0 Å². The van der Waals surface area contributed by atoms with Crippen LogP contribution < -0.4 is 5.46 Å². The summed E-state index contributed by atoms with van der Waals surface area (Å²) in [6.07, 6.45) is 0. The van der Waals surface area contributed by atoms with Gasteiger partial charge in [0.1, 0.15) is 0 Å². The van der Waals surface area contributed by atoms with E-state index in [4.69, 9.17) is 9.31 Å². The Kier molecular flexibility index (Phi) is 4.13. The summed E-state index contributed by atoms with van der Waals surface area (Å²) in [6, 6.07) is 24.2. The maximum Gasteiger partial charge on any atom is 0.494 e. The molecule has 1 aliphatic carbocycles. The average Bonchev–Trinajstić information content (AvgIpc) is 3.08. The highest BCUT2D eigenvalue weighted by molar-refractivity contribution is 6.62. The van der Waals surface area contributed by atoms with Gasteiger partial charge in [-0.15, -0.1) is 0 Å². The molecule has 0 aromatic heterocycles. The summed E-state index contributed by atoms with van der Waals surface area (Å²) in [6.45, 7) is 13.0. The lowest BCUT2D eigenvalue weighted by molar-refractivity contribution is 0.00578. The van der Waals surface area contributed by atoms with Crippen molar-refractivity contribution >= 4 is 12.6 Å². The van der Waals surface area contributed by atoms with E-state index in [0.29, 0.717) is 0 Å². The van der Waals surface area contributed by atoms with Crippen molar-refractivity contribution in [1.29, 1.82) is 0 Å². The highest BCUT2D eigenvalue weighted by Crippen LogP contribution is 2.49. The first-order valence-electron chi connectivity index (χ1n) is 10.8. The molecule has 1 aliphatic heterocycles. The molecule has 0 atom stereocenters. The van der Waals surface area contributed by atoms with Crippen LogP contribution >= 0.6 is 0 Å². The molecule has 0 bridgehead atoms. The molecule has 0 unspecified atom stereocenters. The highest BCUT2D eigenvalue weighted by atomic mass is 16.7. The average molecular weight is 396 g/mol. The zero-order chi connectivity index (χ0) is 21.3. The summed E-state index contributed by atoms with van der Waals surface area (Å²) in [4.78, 5) is 0. The maximum absolute atomic E-state index is 6.30. The molecule has 1 fully saturated rings. The van der Waals surface area contributed by atoms with Gasteiger partial charge in [0, 0.05) is 5.41 Å². The smallest absolute Gasteiger partial charge is 0.399 e. The van der Waals surface area contributed by atoms with Crippen LogP contribution in [0.3, 0.4) is 0 Å². The third kappa shape index (κ3) is 2.80. The molecule has 3 aromatic rings. The van der Waals surface area contributed by atoms with Crippen molar-refractivity contribution in [3.05, 3.63) is 77.9 Å². The summed E-state index contributed by atoms with van der Waals surface area (Å²) >= 11 is 0. The Balaban J connectivity index is 1.58. The van der Waals surface area contributed by atoms with Crippen molar-refractivity contribution in [3.63, 3.8) is 0 Å². The van der Waals surface area contributed by atoms with E-state index in [1.807, 2.05) is 0 Å². The molecule has 1 heterocycles. The van der Waals surface area contributed by atoms with Crippen molar-refractivity contribution < 1.29 is 9.31 Å². The summed E-state index contributed by atoms with van der Waals surface area (Å²) in [5.41, 5.74) is 8.25. The first kappa shape index (κ1) is 19.6. The minimum atomic E-state index is -0.337. The zero-order valence-electron chi connectivity index (χ0n) is 18.7. The molecule has 2 nitrogen and oxygen atoms in total. The van der Waals surface area contributed by atoms with Crippen LogP contribution in [-0.4, -0.2) is 18.3 Å². The minimum Gasteiger partial charge on any atom is -0.399 e. The molecule has 5 rings (SSSR count). The lowest BCUT2D eigenvalue weighted by Gasteiger charge is -2.32. The second-order valence-corrected chi connectivity index (χ2v) is 10.1. The van der Waals surface area contributed by atoms with Gasteiger partial charge in [-0.25, -0.2) is 0 Å². The van der Waals surface area contributed by atoms with Crippen LogP contribution in [0.25, 0.3) is 22.3 Å². The van der Waals surface area contributed by atoms with E-state index in [0.717, 1.165) is 5.46 Å². The second kappa shape index (κ2) is 6.32. The summed E-state index contributed by atoms with van der Waals surface area (Å²) in [5.74, 6) is 0. The summed E-state index contributed by atoms with van der Waals surface area (Å²) < 4.78 is 12.6. The Labute approximate surface area is 180 Å². The number of hydrogen-bond donors (Lipinski definition) is 0. The normalized spacial score (nSPS) is 20.1. The molecule has 3 heteroatoms. The van der Waals surface area contributed by atoms with Gasteiger partial charge in [0.25, 0.3) is 0 Å².